The fourth-order valence-electron chi connectivity index (χ4n) is 5.93. The number of ether oxygens (including phenoxy) is 4. The van der Waals surface area contributed by atoms with Gasteiger partial charge in [-0.2, -0.15) is 0 Å². The second kappa shape index (κ2) is 20.9. The van der Waals surface area contributed by atoms with Crippen molar-refractivity contribution in [2.75, 3.05) is 0 Å². The Morgan fingerprint density at radius 3 is 0.778 bits per heavy atom. The summed E-state index contributed by atoms with van der Waals surface area (Å²) >= 11 is 0. The summed E-state index contributed by atoms with van der Waals surface area (Å²) in [6.07, 6.45) is 0. The van der Waals surface area contributed by atoms with Gasteiger partial charge in [-0.1, -0.05) is 119 Å². The molecule has 0 spiro atoms. The maximum Gasteiger partial charge on any atom is 2.00 e. The molecule has 15 heteroatoms. The first-order valence-electron chi connectivity index (χ1n) is 18.5. The van der Waals surface area contributed by atoms with E-state index in [-0.39, 0.29) is 49.3 Å². The van der Waals surface area contributed by atoms with Gasteiger partial charge in [-0.15, -0.1) is 0 Å². The second-order valence-electron chi connectivity index (χ2n) is 13.1. The number of esters is 4. The van der Waals surface area contributed by atoms with E-state index in [0.29, 0.717) is 43.8 Å². The molecule has 0 N–H and O–H groups in total. The number of carbonyl (C=O) groups excluding carboxylic acids is 4. The Balaban J connectivity index is 0.000000206. The topological polar surface area (TPSA) is 173 Å². The molecule has 8 aromatic rings. The minimum absolute atomic E-state index is 0. The van der Waals surface area contributed by atoms with Gasteiger partial charge in [0.2, 0.25) is 0 Å². The van der Waals surface area contributed by atoms with E-state index >= 15 is 0 Å². The Hall–Kier alpha value is -7.45. The second-order valence-corrected chi connectivity index (χ2v) is 15.0. The molecule has 0 heterocycles. The van der Waals surface area contributed by atoms with Gasteiger partial charge in [0.25, 0.3) is 0 Å². The molecule has 8 rings (SSSR count). The number of carbonyl (C=O) groups is 4. The largest absolute Gasteiger partial charge is 2.00 e. The molecule has 0 aliphatic carbocycles. The van der Waals surface area contributed by atoms with Gasteiger partial charge in [-0.3, -0.25) is 0 Å². The van der Waals surface area contributed by atoms with Crippen molar-refractivity contribution in [1.29, 1.82) is 0 Å². The molecular weight excluding hydrogens is 891 g/mol. The van der Waals surface area contributed by atoms with Crippen molar-refractivity contribution in [2.24, 2.45) is 0 Å². The summed E-state index contributed by atoms with van der Waals surface area (Å²) < 4.78 is 67.3. The average molecular weight is 922 g/mol. The molecule has 0 saturated carbocycles. The molecule has 63 heavy (non-hydrogen) atoms. The van der Waals surface area contributed by atoms with E-state index < -0.39 is 45.3 Å². The SMILES string of the molecule is O=C(Oc1cc2ccc([S-](=O)=O)cc2cc1OC(=O)c1ccccc1)c1ccccc1.O=C(Oc1cc2ccc([S-](=O)=O)cc2cc1OC(=O)c1ccccc1)c1ccccc1.[Ni+2]. The average Bonchev–Trinajstić information content (AvgIpc) is 3.30. The van der Waals surface area contributed by atoms with Crippen LogP contribution in [0.25, 0.3) is 21.5 Å². The zero-order valence-electron chi connectivity index (χ0n) is 32.4. The third-order valence-electron chi connectivity index (χ3n) is 8.98. The van der Waals surface area contributed by atoms with E-state index in [1.807, 2.05) is 0 Å². The Kier molecular flexibility index (Phi) is 14.9. The molecular formula is C48H30NiO12S2. The first-order valence-corrected chi connectivity index (χ1v) is 20.6. The fraction of sp³-hybridized carbons (Fsp3) is 0. The van der Waals surface area contributed by atoms with Crippen LogP contribution < -0.4 is 18.9 Å². The zero-order valence-corrected chi connectivity index (χ0v) is 35.0. The summed E-state index contributed by atoms with van der Waals surface area (Å²) in [4.78, 5) is 50.4. The molecule has 0 radical (unpaired) electrons. The first kappa shape index (κ1) is 45.1. The molecule has 316 valence electrons. The van der Waals surface area contributed by atoms with Crippen molar-refractivity contribution in [2.45, 2.75) is 9.79 Å². The van der Waals surface area contributed by atoms with Gasteiger partial charge in [0.15, 0.2) is 23.0 Å². The Morgan fingerprint density at radius 2 is 0.540 bits per heavy atom. The number of hydrogen-bond acceptors (Lipinski definition) is 14. The third-order valence-corrected chi connectivity index (χ3v) is 10.3. The molecule has 0 saturated heterocycles. The van der Waals surface area contributed by atoms with Crippen LogP contribution in [0.1, 0.15) is 41.4 Å². The number of rotatable bonds is 10. The van der Waals surface area contributed by atoms with Crippen molar-refractivity contribution >= 4 is 66.8 Å². The Bertz CT molecular complexity index is 2890. The predicted molar refractivity (Wildman–Crippen MR) is 228 cm³/mol. The van der Waals surface area contributed by atoms with Crippen LogP contribution in [-0.4, -0.2) is 23.9 Å². The number of benzene rings is 8. The molecule has 0 unspecified atom stereocenters. The van der Waals surface area contributed by atoms with Gasteiger partial charge >= 0.3 is 40.4 Å². The summed E-state index contributed by atoms with van der Waals surface area (Å²) in [5.74, 6) is -2.42. The van der Waals surface area contributed by atoms with Crippen molar-refractivity contribution < 1.29 is 71.5 Å². The quantitative estimate of drug-likeness (QED) is 0.0551. The summed E-state index contributed by atoms with van der Waals surface area (Å²) in [5.41, 5.74) is 1.30. The van der Waals surface area contributed by atoms with Crippen LogP contribution in [0, 0.1) is 0 Å². The molecule has 0 amide bonds. The van der Waals surface area contributed by atoms with Crippen LogP contribution in [-0.2, 0) is 54.7 Å². The van der Waals surface area contributed by atoms with Crippen molar-refractivity contribution in [3.63, 3.8) is 0 Å². The monoisotopic (exact) mass is 920 g/mol. The van der Waals surface area contributed by atoms with E-state index in [0.717, 1.165) is 0 Å². The van der Waals surface area contributed by atoms with Crippen LogP contribution in [0.4, 0.5) is 0 Å². The third kappa shape index (κ3) is 11.5. The van der Waals surface area contributed by atoms with E-state index in [4.69, 9.17) is 18.9 Å². The van der Waals surface area contributed by atoms with Gasteiger partial charge in [0, 0.05) is 0 Å². The maximum atomic E-state index is 12.6. The number of hydrogen-bond donors (Lipinski definition) is 0. The molecule has 0 fully saturated rings. The Morgan fingerprint density at radius 1 is 0.302 bits per heavy atom. The smallest absolute Gasteiger partial charge is 0.420 e. The molecule has 8 aromatic carbocycles. The molecule has 0 bridgehead atoms. The van der Waals surface area contributed by atoms with Crippen LogP contribution in [0.5, 0.6) is 23.0 Å². The maximum absolute atomic E-state index is 12.6. The van der Waals surface area contributed by atoms with Gasteiger partial charge in [0.05, 0.1) is 22.3 Å². The summed E-state index contributed by atoms with van der Waals surface area (Å²) in [5, 5.41) is 2.25. The van der Waals surface area contributed by atoms with Crippen LogP contribution in [0.3, 0.4) is 0 Å². The van der Waals surface area contributed by atoms with E-state index in [9.17, 15) is 36.0 Å². The Labute approximate surface area is 373 Å². The van der Waals surface area contributed by atoms with Crippen molar-refractivity contribution in [3.05, 3.63) is 204 Å². The van der Waals surface area contributed by atoms with Crippen LogP contribution in [0.15, 0.2) is 192 Å². The molecule has 0 aromatic heterocycles. The minimum Gasteiger partial charge on any atom is -0.420 e. The van der Waals surface area contributed by atoms with Crippen molar-refractivity contribution in [1.82, 2.24) is 0 Å². The van der Waals surface area contributed by atoms with E-state index in [1.165, 1.54) is 48.5 Å². The minimum atomic E-state index is -2.41. The first-order chi connectivity index (χ1) is 30.0. The summed E-state index contributed by atoms with van der Waals surface area (Å²) in [6, 6.07) is 48.4. The van der Waals surface area contributed by atoms with Crippen molar-refractivity contribution in [3.8, 4) is 23.0 Å². The predicted octanol–water partition coefficient (Wildman–Crippen LogP) is 9.89. The van der Waals surface area contributed by atoms with Gasteiger partial charge < -0.3 is 35.8 Å². The zero-order chi connectivity index (χ0) is 43.6. The van der Waals surface area contributed by atoms with E-state index in [2.05, 4.69) is 0 Å². The van der Waals surface area contributed by atoms with Crippen LogP contribution >= 0.6 is 0 Å². The van der Waals surface area contributed by atoms with Gasteiger partial charge in [-0.25, -0.2) is 19.2 Å². The normalized spacial score (nSPS) is 10.6. The van der Waals surface area contributed by atoms with Gasteiger partial charge in [-0.05, 0) is 116 Å². The summed E-state index contributed by atoms with van der Waals surface area (Å²) in [7, 11) is -4.83. The number of fused-ring (bicyclic) bond motifs is 2. The fourth-order valence-corrected chi connectivity index (χ4v) is 6.73. The summed E-state index contributed by atoms with van der Waals surface area (Å²) in [6.45, 7) is 0. The van der Waals surface area contributed by atoms with E-state index in [1.54, 1.807) is 133 Å². The van der Waals surface area contributed by atoms with Crippen LogP contribution in [0.2, 0.25) is 0 Å². The molecule has 0 aliphatic heterocycles. The van der Waals surface area contributed by atoms with Gasteiger partial charge in [0.1, 0.15) is 0 Å². The molecule has 0 aliphatic rings. The molecule has 0 atom stereocenters. The standard InChI is InChI=1S/2C24H15O6S.Ni/c2*25-23(16-7-3-1-4-8-16)29-21-14-18-11-12-20(31(27)28)13-19(18)15-22(21)30-24(26)17-9-5-2-6-10-17;/h2*1-15H;/q2*-1;+2. The molecule has 12 nitrogen and oxygen atoms in total.